The number of hydrogen-bond donors (Lipinski definition) is 2. The summed E-state index contributed by atoms with van der Waals surface area (Å²) in [7, 11) is 0.548. The number of anilines is 2. The standard InChI is InChI=1S/C24H25N5O3S/c1-15(2)33(31,32)19-11-5-16(6-12-19)21-14-26-23-22(28-21)20(13-25-23)24(30)27-17-7-9-18(10-8-17)29(3)4/h5-15H,1-4H3,(H,25,26)(H,27,30). The average molecular weight is 464 g/mol. The summed E-state index contributed by atoms with van der Waals surface area (Å²) in [5, 5.41) is 2.38. The molecule has 2 N–H and O–H groups in total. The minimum Gasteiger partial charge on any atom is -0.378 e. The Hall–Kier alpha value is -3.72. The van der Waals surface area contributed by atoms with E-state index in [0.29, 0.717) is 33.7 Å². The number of hydrogen-bond acceptors (Lipinski definition) is 6. The molecule has 0 radical (unpaired) electrons. The fourth-order valence-corrected chi connectivity index (χ4v) is 4.39. The highest BCUT2D eigenvalue weighted by atomic mass is 32.2. The molecular formula is C24H25N5O3S. The predicted octanol–water partition coefficient (Wildman–Crippen LogP) is 4.13. The highest BCUT2D eigenvalue weighted by Crippen LogP contribution is 2.25. The summed E-state index contributed by atoms with van der Waals surface area (Å²) in [6.07, 6.45) is 3.17. The number of aromatic amines is 1. The molecule has 170 valence electrons. The molecule has 0 spiro atoms. The van der Waals surface area contributed by atoms with Crippen molar-refractivity contribution in [1.29, 1.82) is 0 Å². The van der Waals surface area contributed by atoms with Gasteiger partial charge in [-0.1, -0.05) is 12.1 Å². The van der Waals surface area contributed by atoms with Crippen LogP contribution in [0.1, 0.15) is 24.2 Å². The van der Waals surface area contributed by atoms with Crippen molar-refractivity contribution in [3.8, 4) is 11.3 Å². The molecule has 33 heavy (non-hydrogen) atoms. The van der Waals surface area contributed by atoms with Gasteiger partial charge in [0.15, 0.2) is 15.5 Å². The normalized spacial score (nSPS) is 11.7. The summed E-state index contributed by atoms with van der Waals surface area (Å²) < 4.78 is 24.7. The Morgan fingerprint density at radius 2 is 1.70 bits per heavy atom. The third kappa shape index (κ3) is 4.45. The Bertz CT molecular complexity index is 1410. The molecule has 2 aromatic carbocycles. The van der Waals surface area contributed by atoms with Gasteiger partial charge in [0.1, 0.15) is 5.52 Å². The van der Waals surface area contributed by atoms with Crippen LogP contribution in [-0.2, 0) is 9.84 Å². The molecule has 0 aliphatic carbocycles. The van der Waals surface area contributed by atoms with Gasteiger partial charge in [-0.2, -0.15) is 0 Å². The number of aromatic nitrogens is 3. The molecule has 0 aliphatic rings. The number of H-pyrrole nitrogens is 1. The van der Waals surface area contributed by atoms with Crippen LogP contribution in [0.15, 0.2) is 65.8 Å². The van der Waals surface area contributed by atoms with Gasteiger partial charge in [-0.15, -0.1) is 0 Å². The van der Waals surface area contributed by atoms with E-state index < -0.39 is 15.1 Å². The number of benzene rings is 2. The molecule has 0 fully saturated rings. The molecule has 4 rings (SSSR count). The number of carbonyl (C=O) groups is 1. The van der Waals surface area contributed by atoms with E-state index in [1.807, 2.05) is 43.3 Å². The van der Waals surface area contributed by atoms with E-state index in [9.17, 15) is 13.2 Å². The molecule has 1 amide bonds. The lowest BCUT2D eigenvalue weighted by Gasteiger charge is -2.13. The van der Waals surface area contributed by atoms with Crippen molar-refractivity contribution in [3.63, 3.8) is 0 Å². The van der Waals surface area contributed by atoms with E-state index in [0.717, 1.165) is 5.69 Å². The molecule has 0 unspecified atom stereocenters. The van der Waals surface area contributed by atoms with Crippen molar-refractivity contribution in [2.45, 2.75) is 24.0 Å². The monoisotopic (exact) mass is 463 g/mol. The van der Waals surface area contributed by atoms with Gasteiger partial charge in [0, 0.05) is 37.2 Å². The molecule has 0 atom stereocenters. The van der Waals surface area contributed by atoms with Crippen LogP contribution >= 0.6 is 0 Å². The Morgan fingerprint density at radius 3 is 2.30 bits per heavy atom. The number of fused-ring (bicyclic) bond motifs is 1. The molecule has 2 heterocycles. The molecule has 4 aromatic rings. The van der Waals surface area contributed by atoms with Gasteiger partial charge >= 0.3 is 0 Å². The predicted molar refractivity (Wildman–Crippen MR) is 130 cm³/mol. The van der Waals surface area contributed by atoms with E-state index in [1.54, 1.807) is 50.5 Å². The second-order valence-corrected chi connectivity index (χ2v) is 10.7. The summed E-state index contributed by atoms with van der Waals surface area (Å²) >= 11 is 0. The maximum absolute atomic E-state index is 12.9. The first-order chi connectivity index (χ1) is 15.7. The maximum atomic E-state index is 12.9. The van der Waals surface area contributed by atoms with Crippen molar-refractivity contribution in [1.82, 2.24) is 15.0 Å². The lowest BCUT2D eigenvalue weighted by Crippen LogP contribution is -2.13. The number of nitrogens with zero attached hydrogens (tertiary/aromatic N) is 3. The van der Waals surface area contributed by atoms with Gasteiger partial charge < -0.3 is 15.2 Å². The number of nitrogens with one attached hydrogen (secondary N) is 2. The zero-order chi connectivity index (χ0) is 23.8. The molecule has 0 saturated carbocycles. The fourth-order valence-electron chi connectivity index (χ4n) is 3.33. The van der Waals surface area contributed by atoms with Crippen LogP contribution in [-0.4, -0.2) is 48.6 Å². The average Bonchev–Trinajstić information content (AvgIpc) is 3.23. The lowest BCUT2D eigenvalue weighted by atomic mass is 10.1. The first-order valence-electron chi connectivity index (χ1n) is 10.4. The molecule has 2 aromatic heterocycles. The SMILES string of the molecule is CC(C)S(=O)(=O)c1ccc(-c2cnc3[nH]cc(C(=O)Nc4ccc(N(C)C)cc4)c3n2)cc1. The molecule has 9 heteroatoms. The van der Waals surface area contributed by atoms with Gasteiger partial charge in [-0.3, -0.25) is 4.79 Å². The summed E-state index contributed by atoms with van der Waals surface area (Å²) in [6.45, 7) is 3.30. The number of carbonyl (C=O) groups excluding carboxylic acids is 1. The van der Waals surface area contributed by atoms with E-state index in [1.165, 1.54) is 0 Å². The third-order valence-electron chi connectivity index (χ3n) is 5.37. The summed E-state index contributed by atoms with van der Waals surface area (Å²) in [5.74, 6) is -0.302. The third-order valence-corrected chi connectivity index (χ3v) is 7.54. The van der Waals surface area contributed by atoms with Crippen LogP contribution in [0.25, 0.3) is 22.4 Å². The number of rotatable bonds is 6. The van der Waals surface area contributed by atoms with Gasteiger partial charge in [0.05, 0.1) is 27.6 Å². The molecule has 0 aliphatic heterocycles. The van der Waals surface area contributed by atoms with Crippen LogP contribution in [0.2, 0.25) is 0 Å². The first-order valence-corrected chi connectivity index (χ1v) is 12.0. The van der Waals surface area contributed by atoms with Crippen molar-refractivity contribution >= 4 is 38.3 Å². The highest BCUT2D eigenvalue weighted by molar-refractivity contribution is 7.92. The second-order valence-electron chi connectivity index (χ2n) is 8.17. The number of sulfone groups is 1. The highest BCUT2D eigenvalue weighted by Gasteiger charge is 2.19. The smallest absolute Gasteiger partial charge is 0.259 e. The summed E-state index contributed by atoms with van der Waals surface area (Å²) in [4.78, 5) is 27.1. The van der Waals surface area contributed by atoms with Crippen molar-refractivity contribution < 1.29 is 13.2 Å². The van der Waals surface area contributed by atoms with Gasteiger partial charge in [0.2, 0.25) is 0 Å². The Labute approximate surface area is 192 Å². The summed E-state index contributed by atoms with van der Waals surface area (Å²) in [6, 6.07) is 14.1. The van der Waals surface area contributed by atoms with Crippen LogP contribution < -0.4 is 10.2 Å². The van der Waals surface area contributed by atoms with Gasteiger partial charge in [-0.25, -0.2) is 18.4 Å². The molecular weight excluding hydrogens is 438 g/mol. The Morgan fingerprint density at radius 1 is 1.03 bits per heavy atom. The van der Waals surface area contributed by atoms with Crippen molar-refractivity contribution in [3.05, 3.63) is 66.5 Å². The van der Waals surface area contributed by atoms with Crippen LogP contribution in [0.3, 0.4) is 0 Å². The number of amides is 1. The van der Waals surface area contributed by atoms with E-state index in [2.05, 4.69) is 20.3 Å². The van der Waals surface area contributed by atoms with Gasteiger partial charge in [0.25, 0.3) is 5.91 Å². The van der Waals surface area contributed by atoms with Crippen molar-refractivity contribution in [2.24, 2.45) is 0 Å². The molecule has 8 nitrogen and oxygen atoms in total. The minimum atomic E-state index is -3.35. The zero-order valence-corrected chi connectivity index (χ0v) is 19.6. The summed E-state index contributed by atoms with van der Waals surface area (Å²) in [5.41, 5.74) is 4.25. The molecule has 0 bridgehead atoms. The van der Waals surface area contributed by atoms with Crippen molar-refractivity contribution in [2.75, 3.05) is 24.3 Å². The topological polar surface area (TPSA) is 108 Å². The van der Waals surface area contributed by atoms with Gasteiger partial charge in [-0.05, 0) is 50.2 Å². The largest absolute Gasteiger partial charge is 0.378 e. The zero-order valence-electron chi connectivity index (χ0n) is 18.8. The second kappa shape index (κ2) is 8.67. The fraction of sp³-hybridized carbons (Fsp3) is 0.208. The van der Waals surface area contributed by atoms with E-state index >= 15 is 0 Å². The Kier molecular flexibility index (Phi) is 5.90. The van der Waals surface area contributed by atoms with E-state index in [-0.39, 0.29) is 10.8 Å². The maximum Gasteiger partial charge on any atom is 0.259 e. The lowest BCUT2D eigenvalue weighted by molar-refractivity contribution is 0.102. The van der Waals surface area contributed by atoms with Crippen LogP contribution in [0.5, 0.6) is 0 Å². The quantitative estimate of drug-likeness (QED) is 0.445. The minimum absolute atomic E-state index is 0.261. The van der Waals surface area contributed by atoms with E-state index in [4.69, 9.17) is 0 Å². The Balaban J connectivity index is 1.61. The molecule has 0 saturated heterocycles. The first kappa shape index (κ1) is 22.5. The van der Waals surface area contributed by atoms with Crippen LogP contribution in [0.4, 0.5) is 11.4 Å². The van der Waals surface area contributed by atoms with Crippen LogP contribution in [0, 0.1) is 0 Å².